The molecule has 0 bridgehead atoms. The van der Waals surface area contributed by atoms with E-state index in [0.717, 1.165) is 0 Å². The number of halogens is 2. The molecule has 0 atom stereocenters. The van der Waals surface area contributed by atoms with Crippen LogP contribution in [0.3, 0.4) is 0 Å². The number of nitrogens with one attached hydrogen (secondary N) is 1. The third-order valence-corrected chi connectivity index (χ3v) is 1.27. The van der Waals surface area contributed by atoms with Crippen LogP contribution < -0.4 is 5.32 Å². The Kier molecular flexibility index (Phi) is 2.94. The Balaban J connectivity index is 2.49. The fourth-order valence-electron chi connectivity index (χ4n) is 0.728. The molecular formula is C7H8F2N2O2. The molecule has 6 heteroatoms. The minimum atomic E-state index is -2.56. The summed E-state index contributed by atoms with van der Waals surface area (Å²) < 4.78 is 27.9. The van der Waals surface area contributed by atoms with Crippen LogP contribution in [0.15, 0.2) is 10.6 Å². The minimum Gasteiger partial charge on any atom is -0.351 e. The maximum Gasteiger partial charge on any atom is 0.290 e. The number of carbonyl (C=O) groups excluding carboxylic acids is 1. The molecule has 0 fully saturated rings. The van der Waals surface area contributed by atoms with Gasteiger partial charge in [0, 0.05) is 6.07 Å². The second-order valence-corrected chi connectivity index (χ2v) is 2.43. The Morgan fingerprint density at radius 1 is 1.77 bits per heavy atom. The van der Waals surface area contributed by atoms with Crippen LogP contribution in [0.5, 0.6) is 0 Å². The van der Waals surface area contributed by atoms with Crippen LogP contribution in [0.25, 0.3) is 0 Å². The molecule has 0 aliphatic carbocycles. The van der Waals surface area contributed by atoms with Gasteiger partial charge in [0.1, 0.15) is 0 Å². The molecular weight excluding hydrogens is 182 g/mol. The van der Waals surface area contributed by atoms with Crippen molar-refractivity contribution < 1.29 is 18.1 Å². The van der Waals surface area contributed by atoms with Crippen LogP contribution in [0.4, 0.5) is 8.78 Å². The maximum absolute atomic E-state index is 11.7. The standard InChI is InChI=1S/C7H8F2N2O2/c1-4-2-5(13-11-4)7(12)10-3-6(8)9/h2,6H,3H2,1H3,(H,10,12). The molecule has 4 nitrogen and oxygen atoms in total. The second kappa shape index (κ2) is 3.97. The van der Waals surface area contributed by atoms with E-state index >= 15 is 0 Å². The Bertz CT molecular complexity index is 298. The van der Waals surface area contributed by atoms with Crippen LogP contribution in [0.1, 0.15) is 16.2 Å². The SMILES string of the molecule is Cc1cc(C(=O)NCC(F)F)on1. The maximum atomic E-state index is 11.7. The second-order valence-electron chi connectivity index (χ2n) is 2.43. The number of nitrogens with zero attached hydrogens (tertiary/aromatic N) is 1. The van der Waals surface area contributed by atoms with E-state index in [9.17, 15) is 13.6 Å². The number of alkyl halides is 2. The first kappa shape index (κ1) is 9.63. The topological polar surface area (TPSA) is 55.1 Å². The Labute approximate surface area is 72.9 Å². The number of hydrogen-bond donors (Lipinski definition) is 1. The molecule has 1 rings (SSSR count). The van der Waals surface area contributed by atoms with E-state index < -0.39 is 18.9 Å². The number of amides is 1. The van der Waals surface area contributed by atoms with Crippen LogP contribution in [-0.4, -0.2) is 24.0 Å². The van der Waals surface area contributed by atoms with Gasteiger partial charge in [0.25, 0.3) is 12.3 Å². The van der Waals surface area contributed by atoms with Gasteiger partial charge in [0.2, 0.25) is 5.76 Å². The van der Waals surface area contributed by atoms with Gasteiger partial charge in [-0.05, 0) is 6.92 Å². The van der Waals surface area contributed by atoms with E-state index in [1.807, 2.05) is 5.32 Å². The zero-order valence-electron chi connectivity index (χ0n) is 6.88. The highest BCUT2D eigenvalue weighted by atomic mass is 19.3. The van der Waals surface area contributed by atoms with E-state index in [-0.39, 0.29) is 5.76 Å². The molecule has 0 unspecified atom stereocenters. The van der Waals surface area contributed by atoms with Crippen molar-refractivity contribution in [1.82, 2.24) is 10.5 Å². The van der Waals surface area contributed by atoms with E-state index in [4.69, 9.17) is 0 Å². The summed E-state index contributed by atoms with van der Waals surface area (Å²) in [6, 6.07) is 1.38. The van der Waals surface area contributed by atoms with Crippen LogP contribution in [0, 0.1) is 6.92 Å². The van der Waals surface area contributed by atoms with E-state index in [1.54, 1.807) is 6.92 Å². The molecule has 0 aliphatic heterocycles. The lowest BCUT2D eigenvalue weighted by atomic mass is 10.4. The number of rotatable bonds is 3. The van der Waals surface area contributed by atoms with Gasteiger partial charge in [0.05, 0.1) is 12.2 Å². The molecule has 1 aromatic rings. The van der Waals surface area contributed by atoms with Gasteiger partial charge < -0.3 is 9.84 Å². The smallest absolute Gasteiger partial charge is 0.290 e. The predicted octanol–water partition coefficient (Wildman–Crippen LogP) is 0.978. The van der Waals surface area contributed by atoms with Crippen molar-refractivity contribution in [1.29, 1.82) is 0 Å². The van der Waals surface area contributed by atoms with Gasteiger partial charge in [-0.25, -0.2) is 8.78 Å². The first-order chi connectivity index (χ1) is 6.09. The summed E-state index contributed by atoms with van der Waals surface area (Å²) in [5.74, 6) is -0.737. The molecule has 1 amide bonds. The highest BCUT2D eigenvalue weighted by Crippen LogP contribution is 2.01. The Morgan fingerprint density at radius 3 is 2.92 bits per heavy atom. The highest BCUT2D eigenvalue weighted by Gasteiger charge is 2.12. The number of aryl methyl sites for hydroxylation is 1. The fraction of sp³-hybridized carbons (Fsp3) is 0.429. The number of carbonyl (C=O) groups is 1. The van der Waals surface area contributed by atoms with Crippen molar-refractivity contribution in [3.05, 3.63) is 17.5 Å². The van der Waals surface area contributed by atoms with Crippen molar-refractivity contribution in [2.24, 2.45) is 0 Å². The molecule has 1 N–H and O–H groups in total. The number of hydrogen-bond acceptors (Lipinski definition) is 3. The highest BCUT2D eigenvalue weighted by molar-refractivity contribution is 5.91. The molecule has 0 saturated carbocycles. The van der Waals surface area contributed by atoms with Gasteiger partial charge in [-0.15, -0.1) is 0 Å². The molecule has 0 spiro atoms. The van der Waals surface area contributed by atoms with E-state index in [1.165, 1.54) is 6.07 Å². The molecule has 72 valence electrons. The minimum absolute atomic E-state index is 0.0573. The third-order valence-electron chi connectivity index (χ3n) is 1.27. The van der Waals surface area contributed by atoms with Crippen LogP contribution >= 0.6 is 0 Å². The summed E-state index contributed by atoms with van der Waals surface area (Å²) in [7, 11) is 0. The average Bonchev–Trinajstić information content (AvgIpc) is 2.47. The zero-order chi connectivity index (χ0) is 9.84. The summed E-state index contributed by atoms with van der Waals surface area (Å²) in [6.45, 7) is 0.950. The number of aromatic nitrogens is 1. The van der Waals surface area contributed by atoms with Gasteiger partial charge in [-0.1, -0.05) is 5.16 Å². The summed E-state index contributed by atoms with van der Waals surface area (Å²) in [5, 5.41) is 5.43. The lowest BCUT2D eigenvalue weighted by molar-refractivity contribution is 0.0856. The van der Waals surface area contributed by atoms with Crippen LogP contribution in [-0.2, 0) is 0 Å². The first-order valence-electron chi connectivity index (χ1n) is 3.59. The van der Waals surface area contributed by atoms with Gasteiger partial charge in [0.15, 0.2) is 0 Å². The van der Waals surface area contributed by atoms with E-state index in [0.29, 0.717) is 5.69 Å². The lowest BCUT2D eigenvalue weighted by Gasteiger charge is -1.99. The summed E-state index contributed by atoms with van der Waals surface area (Å²) in [5.41, 5.74) is 0.530. The molecule has 0 aliphatic rings. The quantitative estimate of drug-likeness (QED) is 0.772. The summed E-state index contributed by atoms with van der Waals surface area (Å²) in [4.78, 5) is 11.0. The van der Waals surface area contributed by atoms with Crippen molar-refractivity contribution in [3.63, 3.8) is 0 Å². The average molecular weight is 190 g/mol. The third kappa shape index (κ3) is 2.81. The van der Waals surface area contributed by atoms with E-state index in [2.05, 4.69) is 9.68 Å². The summed E-state index contributed by atoms with van der Waals surface area (Å²) in [6.07, 6.45) is -2.56. The largest absolute Gasteiger partial charge is 0.351 e. The first-order valence-corrected chi connectivity index (χ1v) is 3.59. The fourth-order valence-corrected chi connectivity index (χ4v) is 0.728. The molecule has 13 heavy (non-hydrogen) atoms. The predicted molar refractivity (Wildman–Crippen MR) is 39.6 cm³/mol. The Hall–Kier alpha value is -1.46. The molecule has 0 aromatic carbocycles. The van der Waals surface area contributed by atoms with Gasteiger partial charge in [-0.3, -0.25) is 4.79 Å². The zero-order valence-corrected chi connectivity index (χ0v) is 6.88. The lowest BCUT2D eigenvalue weighted by Crippen LogP contribution is -2.28. The normalized spacial score (nSPS) is 10.5. The van der Waals surface area contributed by atoms with Crippen molar-refractivity contribution >= 4 is 5.91 Å². The summed E-state index contributed by atoms with van der Waals surface area (Å²) >= 11 is 0. The van der Waals surface area contributed by atoms with Crippen molar-refractivity contribution in [2.75, 3.05) is 6.54 Å². The van der Waals surface area contributed by atoms with Gasteiger partial charge in [-0.2, -0.15) is 0 Å². The molecule has 0 radical (unpaired) electrons. The Morgan fingerprint density at radius 2 is 2.46 bits per heavy atom. The molecule has 0 saturated heterocycles. The van der Waals surface area contributed by atoms with Crippen LogP contribution in [0.2, 0.25) is 0 Å². The van der Waals surface area contributed by atoms with Crippen molar-refractivity contribution in [2.45, 2.75) is 13.3 Å². The molecule has 1 aromatic heterocycles. The monoisotopic (exact) mass is 190 g/mol. The molecule has 1 heterocycles. The van der Waals surface area contributed by atoms with Gasteiger partial charge >= 0.3 is 0 Å². The van der Waals surface area contributed by atoms with Crippen molar-refractivity contribution in [3.8, 4) is 0 Å².